The van der Waals surface area contributed by atoms with Crippen molar-refractivity contribution < 1.29 is 9.53 Å². The number of ether oxygens (including phenoxy) is 1. The van der Waals surface area contributed by atoms with Gasteiger partial charge in [-0.1, -0.05) is 18.2 Å². The minimum Gasteiger partial charge on any atom is -0.496 e. The van der Waals surface area contributed by atoms with Crippen molar-refractivity contribution in [3.05, 3.63) is 41.0 Å². The van der Waals surface area contributed by atoms with Gasteiger partial charge in [-0.15, -0.1) is 11.3 Å². The van der Waals surface area contributed by atoms with Crippen molar-refractivity contribution in [1.82, 2.24) is 15.6 Å². The first kappa shape index (κ1) is 16.7. The number of hydrogen-bond donors (Lipinski definition) is 3. The van der Waals surface area contributed by atoms with Gasteiger partial charge in [-0.05, 0) is 32.0 Å². The third kappa shape index (κ3) is 4.04. The topological polar surface area (TPSA) is 75.3 Å². The largest absolute Gasteiger partial charge is 0.496 e. The molecule has 7 heteroatoms. The Morgan fingerprint density at radius 3 is 2.96 bits per heavy atom. The number of nitrogens with zero attached hydrogens (tertiary/aromatic N) is 1. The lowest BCUT2D eigenvalue weighted by atomic mass is 10.1. The first-order valence-electron chi connectivity index (χ1n) is 8.08. The van der Waals surface area contributed by atoms with E-state index in [9.17, 15) is 4.79 Å². The third-order valence-corrected chi connectivity index (χ3v) is 4.87. The zero-order valence-corrected chi connectivity index (χ0v) is 14.5. The summed E-state index contributed by atoms with van der Waals surface area (Å²) in [7, 11) is 1.66. The third-order valence-electron chi connectivity index (χ3n) is 4.09. The number of amides is 1. The van der Waals surface area contributed by atoms with Crippen LogP contribution >= 0.6 is 11.3 Å². The van der Waals surface area contributed by atoms with Crippen LogP contribution in [-0.4, -0.2) is 37.1 Å². The standard InChI is InChI=1S/C17H22N4O2S/c1-23-14-5-3-2-4-12(14)10-19-17-15(20-11-24-17)16(22)21-13-6-8-18-9-7-13/h2-5,11,13,18-19H,6-10H2,1H3,(H,21,22). The maximum Gasteiger partial charge on any atom is 0.273 e. The average Bonchev–Trinajstić information content (AvgIpc) is 3.10. The number of anilines is 1. The van der Waals surface area contributed by atoms with Crippen LogP contribution in [0.3, 0.4) is 0 Å². The summed E-state index contributed by atoms with van der Waals surface area (Å²) in [5.41, 5.74) is 3.20. The first-order chi connectivity index (χ1) is 11.8. The molecule has 0 unspecified atom stereocenters. The predicted octanol–water partition coefficient (Wildman–Crippen LogP) is 2.25. The highest BCUT2D eigenvalue weighted by atomic mass is 32.1. The highest BCUT2D eigenvalue weighted by Gasteiger charge is 2.20. The van der Waals surface area contributed by atoms with Gasteiger partial charge in [0.15, 0.2) is 5.69 Å². The number of hydrogen-bond acceptors (Lipinski definition) is 6. The number of carbonyl (C=O) groups excluding carboxylic acids is 1. The second-order valence-corrected chi connectivity index (χ2v) is 6.55. The molecule has 2 aromatic rings. The Labute approximate surface area is 145 Å². The molecule has 6 nitrogen and oxygen atoms in total. The number of para-hydroxylation sites is 1. The molecule has 128 valence electrons. The monoisotopic (exact) mass is 346 g/mol. The van der Waals surface area contributed by atoms with Crippen LogP contribution in [0.1, 0.15) is 28.9 Å². The molecule has 0 spiro atoms. The minimum absolute atomic E-state index is 0.106. The second-order valence-electron chi connectivity index (χ2n) is 5.69. The Bertz CT molecular complexity index is 683. The van der Waals surface area contributed by atoms with Crippen molar-refractivity contribution in [1.29, 1.82) is 0 Å². The van der Waals surface area contributed by atoms with Gasteiger partial charge >= 0.3 is 0 Å². The Kier molecular flexibility index (Phi) is 5.66. The lowest BCUT2D eigenvalue weighted by Gasteiger charge is -2.23. The fraction of sp³-hybridized carbons (Fsp3) is 0.412. The maximum atomic E-state index is 12.5. The van der Waals surface area contributed by atoms with Crippen molar-refractivity contribution >= 4 is 22.2 Å². The molecule has 2 heterocycles. The smallest absolute Gasteiger partial charge is 0.273 e. The second kappa shape index (κ2) is 8.12. The molecular formula is C17H22N4O2S. The van der Waals surface area contributed by atoms with Crippen LogP contribution in [-0.2, 0) is 6.54 Å². The molecule has 1 aromatic carbocycles. The number of piperidine rings is 1. The highest BCUT2D eigenvalue weighted by molar-refractivity contribution is 7.14. The van der Waals surface area contributed by atoms with E-state index in [1.165, 1.54) is 11.3 Å². The van der Waals surface area contributed by atoms with Gasteiger partial charge in [0.25, 0.3) is 5.91 Å². The Balaban J connectivity index is 1.63. The molecule has 1 amide bonds. The summed E-state index contributed by atoms with van der Waals surface area (Å²) in [6.07, 6.45) is 1.92. The summed E-state index contributed by atoms with van der Waals surface area (Å²) in [4.78, 5) is 16.7. The number of methoxy groups -OCH3 is 1. The van der Waals surface area contributed by atoms with E-state index in [2.05, 4.69) is 20.9 Å². The fourth-order valence-electron chi connectivity index (χ4n) is 2.78. The minimum atomic E-state index is -0.106. The molecule has 1 fully saturated rings. The van der Waals surface area contributed by atoms with Gasteiger partial charge in [0.1, 0.15) is 10.8 Å². The normalized spacial score (nSPS) is 15.0. The lowest BCUT2D eigenvalue weighted by Crippen LogP contribution is -2.42. The number of aromatic nitrogens is 1. The molecule has 1 aliphatic rings. The van der Waals surface area contributed by atoms with E-state index >= 15 is 0 Å². The van der Waals surface area contributed by atoms with Crippen molar-refractivity contribution in [3.8, 4) is 5.75 Å². The molecular weight excluding hydrogens is 324 g/mol. The lowest BCUT2D eigenvalue weighted by molar-refractivity contribution is 0.0926. The summed E-state index contributed by atoms with van der Waals surface area (Å²) in [6, 6.07) is 8.06. The van der Waals surface area contributed by atoms with Crippen LogP contribution in [0, 0.1) is 0 Å². The van der Waals surface area contributed by atoms with Gasteiger partial charge in [-0.25, -0.2) is 4.98 Å². The van der Waals surface area contributed by atoms with E-state index in [1.54, 1.807) is 12.6 Å². The molecule has 0 atom stereocenters. The fourth-order valence-corrected chi connectivity index (χ4v) is 3.45. The maximum absolute atomic E-state index is 12.5. The molecule has 0 aliphatic carbocycles. The Morgan fingerprint density at radius 2 is 2.17 bits per heavy atom. The van der Waals surface area contributed by atoms with Gasteiger partial charge < -0.3 is 20.7 Å². The summed E-state index contributed by atoms with van der Waals surface area (Å²) in [5.74, 6) is 0.723. The molecule has 1 aliphatic heterocycles. The van der Waals surface area contributed by atoms with Gasteiger partial charge in [0, 0.05) is 18.2 Å². The number of nitrogens with one attached hydrogen (secondary N) is 3. The van der Waals surface area contributed by atoms with E-state index in [4.69, 9.17) is 4.74 Å². The summed E-state index contributed by atoms with van der Waals surface area (Å²) in [5, 5.41) is 10.5. The molecule has 3 rings (SSSR count). The molecule has 0 radical (unpaired) electrons. The van der Waals surface area contributed by atoms with E-state index in [1.807, 2.05) is 24.3 Å². The molecule has 1 aromatic heterocycles. The van der Waals surface area contributed by atoms with Gasteiger partial charge in [-0.2, -0.15) is 0 Å². The predicted molar refractivity (Wildman–Crippen MR) is 95.8 cm³/mol. The van der Waals surface area contributed by atoms with Crippen LogP contribution in [0.5, 0.6) is 5.75 Å². The zero-order valence-electron chi connectivity index (χ0n) is 13.7. The van der Waals surface area contributed by atoms with E-state index in [0.717, 1.165) is 42.2 Å². The van der Waals surface area contributed by atoms with Crippen LogP contribution in [0.25, 0.3) is 0 Å². The summed E-state index contributed by atoms with van der Waals surface area (Å²) >= 11 is 1.44. The zero-order chi connectivity index (χ0) is 16.8. The SMILES string of the molecule is COc1ccccc1CNc1scnc1C(=O)NC1CCNCC1. The van der Waals surface area contributed by atoms with Gasteiger partial charge in [-0.3, -0.25) is 4.79 Å². The first-order valence-corrected chi connectivity index (χ1v) is 8.96. The average molecular weight is 346 g/mol. The number of carbonyl (C=O) groups is 1. The number of thiazole rings is 1. The summed E-state index contributed by atoms with van der Waals surface area (Å²) < 4.78 is 5.36. The van der Waals surface area contributed by atoms with E-state index in [-0.39, 0.29) is 11.9 Å². The molecule has 1 saturated heterocycles. The van der Waals surface area contributed by atoms with Crippen molar-refractivity contribution in [2.45, 2.75) is 25.4 Å². The van der Waals surface area contributed by atoms with Crippen LogP contribution in [0.15, 0.2) is 29.8 Å². The Hall–Kier alpha value is -2.12. The van der Waals surface area contributed by atoms with Crippen molar-refractivity contribution in [3.63, 3.8) is 0 Å². The molecule has 0 bridgehead atoms. The van der Waals surface area contributed by atoms with Gasteiger partial charge in [0.05, 0.1) is 12.6 Å². The van der Waals surface area contributed by atoms with E-state index in [0.29, 0.717) is 12.2 Å². The van der Waals surface area contributed by atoms with Crippen LogP contribution in [0.2, 0.25) is 0 Å². The quantitative estimate of drug-likeness (QED) is 0.748. The molecule has 0 saturated carbocycles. The highest BCUT2D eigenvalue weighted by Crippen LogP contribution is 2.24. The Morgan fingerprint density at radius 1 is 1.38 bits per heavy atom. The summed E-state index contributed by atoms with van der Waals surface area (Å²) in [6.45, 7) is 2.47. The van der Waals surface area contributed by atoms with Crippen molar-refractivity contribution in [2.75, 3.05) is 25.5 Å². The van der Waals surface area contributed by atoms with E-state index < -0.39 is 0 Å². The van der Waals surface area contributed by atoms with Crippen LogP contribution < -0.4 is 20.7 Å². The van der Waals surface area contributed by atoms with Crippen molar-refractivity contribution in [2.24, 2.45) is 0 Å². The number of rotatable bonds is 6. The number of benzene rings is 1. The van der Waals surface area contributed by atoms with Gasteiger partial charge in [0.2, 0.25) is 0 Å². The molecule has 24 heavy (non-hydrogen) atoms. The van der Waals surface area contributed by atoms with Crippen LogP contribution in [0.4, 0.5) is 5.00 Å². The molecule has 3 N–H and O–H groups in total.